The minimum Gasteiger partial charge on any atom is -0.469 e. The van der Waals surface area contributed by atoms with Crippen LogP contribution in [0.15, 0.2) is 91.5 Å². The van der Waals surface area contributed by atoms with E-state index >= 15 is 0 Å². The van der Waals surface area contributed by atoms with Crippen LogP contribution >= 0.6 is 0 Å². The first kappa shape index (κ1) is 35.5. The molecule has 0 aromatic heterocycles. The van der Waals surface area contributed by atoms with E-state index in [9.17, 15) is 4.79 Å². The molecule has 2 heteroatoms. The molecule has 2 atom stereocenters. The van der Waals surface area contributed by atoms with Crippen molar-refractivity contribution in [3.8, 4) is 22.3 Å². The van der Waals surface area contributed by atoms with E-state index in [0.29, 0.717) is 16.7 Å². The van der Waals surface area contributed by atoms with Gasteiger partial charge in [-0.1, -0.05) is 97.6 Å². The van der Waals surface area contributed by atoms with Gasteiger partial charge in [0.25, 0.3) is 0 Å². The number of rotatable bonds is 7. The molecule has 13 rings (SSSR count). The lowest BCUT2D eigenvalue weighted by molar-refractivity contribution is -0.142. The van der Waals surface area contributed by atoms with E-state index in [1.165, 1.54) is 129 Å². The molecule has 2 nitrogen and oxygen atoms in total. The van der Waals surface area contributed by atoms with Crippen LogP contribution in [0, 0.1) is 55.3 Å². The van der Waals surface area contributed by atoms with Crippen molar-refractivity contribution in [1.29, 1.82) is 0 Å². The van der Waals surface area contributed by atoms with Gasteiger partial charge in [-0.25, -0.2) is 0 Å². The van der Waals surface area contributed by atoms with E-state index < -0.39 is 0 Å². The molecular formula is C53H60O2. The molecule has 9 aliphatic carbocycles. The van der Waals surface area contributed by atoms with Gasteiger partial charge in [0.1, 0.15) is 0 Å². The fourth-order valence-electron chi connectivity index (χ4n) is 14.3. The van der Waals surface area contributed by atoms with Gasteiger partial charge in [0.05, 0.1) is 13.0 Å². The summed E-state index contributed by atoms with van der Waals surface area (Å²) in [5, 5.41) is 0. The molecule has 0 saturated heterocycles. The summed E-state index contributed by atoms with van der Waals surface area (Å²) < 4.78 is 4.90. The van der Waals surface area contributed by atoms with Crippen LogP contribution in [-0.2, 0) is 20.4 Å². The lowest BCUT2D eigenvalue weighted by Gasteiger charge is -2.57. The Balaban J connectivity index is 0.000000138. The first-order valence-corrected chi connectivity index (χ1v) is 21.8. The van der Waals surface area contributed by atoms with Crippen LogP contribution in [0.1, 0.15) is 123 Å². The predicted molar refractivity (Wildman–Crippen MR) is 226 cm³/mol. The highest BCUT2D eigenvalue weighted by Crippen LogP contribution is 2.62. The second kappa shape index (κ2) is 13.6. The topological polar surface area (TPSA) is 26.3 Å². The molecule has 0 spiro atoms. The van der Waals surface area contributed by atoms with Crippen molar-refractivity contribution in [2.24, 2.45) is 41.4 Å². The van der Waals surface area contributed by atoms with Crippen molar-refractivity contribution in [3.05, 3.63) is 125 Å². The summed E-state index contributed by atoms with van der Waals surface area (Å²) in [6, 6.07) is 32.1. The number of hydrogen-bond acceptors (Lipinski definition) is 2. The Labute approximate surface area is 330 Å². The van der Waals surface area contributed by atoms with Gasteiger partial charge in [0.15, 0.2) is 0 Å². The smallest absolute Gasteiger partial charge is 0.309 e. The van der Waals surface area contributed by atoms with Crippen molar-refractivity contribution in [3.63, 3.8) is 0 Å². The van der Waals surface area contributed by atoms with Crippen molar-refractivity contribution >= 4 is 12.0 Å². The number of benzene rings is 4. The van der Waals surface area contributed by atoms with Crippen LogP contribution in [0.4, 0.5) is 0 Å². The van der Waals surface area contributed by atoms with E-state index in [1.807, 2.05) is 6.08 Å². The van der Waals surface area contributed by atoms with E-state index in [4.69, 9.17) is 4.74 Å². The first-order chi connectivity index (χ1) is 26.7. The number of carbonyl (C=O) groups is 1. The normalized spacial score (nSPS) is 34.5. The van der Waals surface area contributed by atoms with Gasteiger partial charge >= 0.3 is 5.97 Å². The summed E-state index contributed by atoms with van der Waals surface area (Å²) >= 11 is 0. The van der Waals surface area contributed by atoms with Gasteiger partial charge in [0.2, 0.25) is 0 Å². The maximum absolute atomic E-state index is 11.8. The lowest BCUT2D eigenvalue weighted by atomic mass is 9.47. The van der Waals surface area contributed by atoms with Crippen LogP contribution in [0.3, 0.4) is 0 Å². The molecule has 8 bridgehead atoms. The third kappa shape index (κ3) is 6.44. The summed E-state index contributed by atoms with van der Waals surface area (Å²) in [5.41, 5.74) is 15.0. The number of ether oxygens (including phenoxy) is 1. The quantitative estimate of drug-likeness (QED) is 0.177. The van der Waals surface area contributed by atoms with Crippen LogP contribution in [0.25, 0.3) is 28.3 Å². The number of aryl methyl sites for hydroxylation is 2. The van der Waals surface area contributed by atoms with Gasteiger partial charge in [0, 0.05) is 0 Å². The maximum atomic E-state index is 11.8. The summed E-state index contributed by atoms with van der Waals surface area (Å²) in [5.74, 6) is 6.25. The maximum Gasteiger partial charge on any atom is 0.309 e. The summed E-state index contributed by atoms with van der Waals surface area (Å²) in [7, 11) is 1.49. The second-order valence-electron chi connectivity index (χ2n) is 19.9. The number of methoxy groups -OCH3 is 1. The zero-order valence-electron chi connectivity index (χ0n) is 33.5. The molecule has 0 radical (unpaired) electrons. The monoisotopic (exact) mass is 728 g/mol. The Morgan fingerprint density at radius 2 is 0.945 bits per heavy atom. The average molecular weight is 729 g/mol. The zero-order valence-corrected chi connectivity index (χ0v) is 33.5. The van der Waals surface area contributed by atoms with Gasteiger partial charge in [-0.15, -0.1) is 0 Å². The molecule has 9 aliphatic rings. The molecule has 0 N–H and O–H groups in total. The number of hydrogen-bond donors (Lipinski definition) is 0. The Kier molecular flexibility index (Phi) is 8.80. The molecule has 4 aromatic rings. The molecule has 9 fully saturated rings. The van der Waals surface area contributed by atoms with Crippen molar-refractivity contribution in [2.45, 2.75) is 114 Å². The molecule has 284 valence electrons. The Morgan fingerprint density at radius 3 is 1.33 bits per heavy atom. The largest absolute Gasteiger partial charge is 0.469 e. The molecular weight excluding hydrogens is 669 g/mol. The molecule has 0 aliphatic heterocycles. The van der Waals surface area contributed by atoms with Crippen LogP contribution in [0.2, 0.25) is 0 Å². The van der Waals surface area contributed by atoms with Crippen molar-refractivity contribution in [1.82, 2.24) is 0 Å². The average Bonchev–Trinajstić information content (AvgIpc) is 3.99. The third-order valence-corrected chi connectivity index (χ3v) is 16.1. The second-order valence-corrected chi connectivity index (χ2v) is 19.9. The lowest BCUT2D eigenvalue weighted by Crippen LogP contribution is -2.48. The SMILES string of the molecule is C=Cc1ccc(-c2ccc(C)c(C34CC5CC(CC(C5)C3)C4)c2)cc1.COC(=O)C1CC1c1ccc(-c2ccc(C)c(C34CC5CC(CC(C5)C3)C4)c2)cc1. The number of carbonyl (C=O) groups excluding carboxylic acids is 1. The highest BCUT2D eigenvalue weighted by Gasteiger charge is 2.53. The highest BCUT2D eigenvalue weighted by molar-refractivity contribution is 5.77. The zero-order chi connectivity index (χ0) is 37.5. The molecule has 9 saturated carbocycles. The van der Waals surface area contributed by atoms with Gasteiger partial charge < -0.3 is 4.74 Å². The highest BCUT2D eigenvalue weighted by atomic mass is 16.5. The fraction of sp³-hybridized carbons (Fsp3) is 0.491. The minimum absolute atomic E-state index is 0.0583. The molecule has 0 heterocycles. The Bertz CT molecular complexity index is 2030. The first-order valence-electron chi connectivity index (χ1n) is 21.8. The molecule has 4 aromatic carbocycles. The molecule has 0 amide bonds. The van der Waals surface area contributed by atoms with Crippen LogP contribution in [-0.4, -0.2) is 13.1 Å². The minimum atomic E-state index is -0.0668. The van der Waals surface area contributed by atoms with Crippen molar-refractivity contribution < 1.29 is 9.53 Å². The standard InChI is InChI=1S/C28H32O2.C25H28/c1-17-3-4-23(21-5-7-22(8-6-21)24-13-25(24)27(29)30-2)12-26(17)28-14-18-9-19(15-28)11-20(10-18)16-28;1-3-18-5-8-22(9-6-18)23-7-4-17(2)24(13-23)25-14-19-10-20(15-25)12-21(11-19)16-25/h3-8,12,18-20,24-25H,9-11,13-16H2,1-2H3;3-9,13,19-21H,1,10-12,14-16H2,2H3. The third-order valence-electron chi connectivity index (χ3n) is 16.1. The van der Waals surface area contributed by atoms with Gasteiger partial charge in [-0.2, -0.15) is 0 Å². The Hall–Kier alpha value is -3.91. The summed E-state index contributed by atoms with van der Waals surface area (Å²) in [6.45, 7) is 8.52. The van der Waals surface area contributed by atoms with Gasteiger partial charge in [-0.3, -0.25) is 4.79 Å². The summed E-state index contributed by atoms with van der Waals surface area (Å²) in [6.07, 6.45) is 20.4. The molecule has 2 unspecified atom stereocenters. The fourth-order valence-corrected chi connectivity index (χ4v) is 14.3. The van der Waals surface area contributed by atoms with E-state index in [0.717, 1.165) is 41.9 Å². The number of esters is 1. The van der Waals surface area contributed by atoms with E-state index in [1.54, 1.807) is 11.1 Å². The Morgan fingerprint density at radius 1 is 0.564 bits per heavy atom. The van der Waals surface area contributed by atoms with Crippen molar-refractivity contribution in [2.75, 3.05) is 7.11 Å². The van der Waals surface area contributed by atoms with E-state index in [2.05, 4.69) is 105 Å². The van der Waals surface area contributed by atoms with Crippen LogP contribution < -0.4 is 0 Å². The van der Waals surface area contributed by atoms with E-state index in [-0.39, 0.29) is 11.9 Å². The predicted octanol–water partition coefficient (Wildman–Crippen LogP) is 13.2. The van der Waals surface area contributed by atoms with Crippen LogP contribution in [0.5, 0.6) is 0 Å². The van der Waals surface area contributed by atoms with Gasteiger partial charge in [-0.05, 0) is 205 Å². The molecule has 55 heavy (non-hydrogen) atoms. The summed E-state index contributed by atoms with van der Waals surface area (Å²) in [4.78, 5) is 11.8.